The first kappa shape index (κ1) is 13.0. The quantitative estimate of drug-likeness (QED) is 0.538. The minimum absolute atomic E-state index is 0.0795. The minimum atomic E-state index is -4.95. The van der Waals surface area contributed by atoms with Crippen molar-refractivity contribution in [3.05, 3.63) is 0 Å². The Hall–Kier alpha value is -0.0300. The molecule has 0 aromatic rings. The highest BCUT2D eigenvalue weighted by molar-refractivity contribution is 7.74. The number of nitrogens with zero attached hydrogens (tertiary/aromatic N) is 1. The molecule has 7 nitrogen and oxygen atoms in total. The van der Waals surface area contributed by atoms with Crippen molar-refractivity contribution in [1.82, 2.24) is 0 Å². The summed E-state index contributed by atoms with van der Waals surface area (Å²) in [5.74, 6) is 0. The van der Waals surface area contributed by atoms with E-state index < -0.39 is 20.1 Å². The van der Waals surface area contributed by atoms with Gasteiger partial charge in [-0.2, -0.15) is 0 Å². The fourth-order valence-corrected chi connectivity index (χ4v) is 3.83. The van der Waals surface area contributed by atoms with Crippen LogP contribution in [0.15, 0.2) is 4.99 Å². The second kappa shape index (κ2) is 3.77. The molecule has 15 heavy (non-hydrogen) atoms. The Morgan fingerprint density at radius 1 is 1.20 bits per heavy atom. The molecule has 0 atom stereocenters. The lowest BCUT2D eigenvalue weighted by molar-refractivity contribution is 0.330. The first-order chi connectivity index (χ1) is 6.61. The zero-order valence-corrected chi connectivity index (χ0v) is 9.86. The van der Waals surface area contributed by atoms with Gasteiger partial charge in [0.1, 0.15) is 0 Å². The fourth-order valence-electron chi connectivity index (χ4n) is 1.43. The summed E-state index contributed by atoms with van der Waals surface area (Å²) >= 11 is 0. The van der Waals surface area contributed by atoms with E-state index in [0.717, 1.165) is 6.92 Å². The van der Waals surface area contributed by atoms with Crippen LogP contribution in [0.2, 0.25) is 0 Å². The third kappa shape index (κ3) is 2.09. The summed E-state index contributed by atoms with van der Waals surface area (Å²) < 4.78 is 22.4. The van der Waals surface area contributed by atoms with Gasteiger partial charge in [-0.25, -0.2) is 0 Å². The van der Waals surface area contributed by atoms with Gasteiger partial charge >= 0.3 is 15.2 Å². The summed E-state index contributed by atoms with van der Waals surface area (Å²) in [6.07, 6.45) is 0.775. The molecule has 0 aliphatic carbocycles. The van der Waals surface area contributed by atoms with Gasteiger partial charge in [-0.05, 0) is 19.8 Å². The summed E-state index contributed by atoms with van der Waals surface area (Å²) in [6.45, 7) is 1.23. The van der Waals surface area contributed by atoms with Crippen LogP contribution >= 0.6 is 15.2 Å². The number of hydrogen-bond acceptors (Lipinski definition) is 3. The summed E-state index contributed by atoms with van der Waals surface area (Å²) in [6, 6.07) is 0. The lowest BCUT2D eigenvalue weighted by Crippen LogP contribution is -2.34. The molecule has 0 fully saturated rings. The van der Waals surface area contributed by atoms with Gasteiger partial charge in [-0.3, -0.25) is 14.1 Å². The van der Waals surface area contributed by atoms with Gasteiger partial charge in [0, 0.05) is 12.3 Å². The molecule has 1 heterocycles. The molecule has 0 spiro atoms. The number of aliphatic imine (C=N–C) groups is 1. The van der Waals surface area contributed by atoms with Crippen LogP contribution in [0.3, 0.4) is 0 Å². The van der Waals surface area contributed by atoms with Crippen LogP contribution in [0.1, 0.15) is 19.8 Å². The molecule has 1 rings (SSSR count). The summed E-state index contributed by atoms with van der Waals surface area (Å²) in [5.41, 5.74) is -0.0795. The Balaban J connectivity index is 3.32. The molecule has 0 saturated heterocycles. The second-order valence-electron chi connectivity index (χ2n) is 3.54. The molecule has 0 unspecified atom stereocenters. The molecule has 1 aliphatic heterocycles. The van der Waals surface area contributed by atoms with E-state index >= 15 is 0 Å². The highest BCUT2D eigenvalue weighted by atomic mass is 31.2. The monoisotopic (exact) mass is 257 g/mol. The molecule has 0 aromatic carbocycles. The molecule has 0 bridgehead atoms. The van der Waals surface area contributed by atoms with Gasteiger partial charge in [0.15, 0.2) is 0 Å². The van der Waals surface area contributed by atoms with Gasteiger partial charge in [0.05, 0.1) is 0 Å². The average molecular weight is 257 g/mol. The standard InChI is InChI=1S/C6H13NO6P2/c1-6(14(8,9)10,15(11,12)13)5-3-2-4-7-5/h2-4H2,1H3,(H2,8,9,10)(H2,11,12,13). The average Bonchev–Trinajstić information content (AvgIpc) is 2.49. The summed E-state index contributed by atoms with van der Waals surface area (Å²) in [4.78, 5) is 37.6. The molecule has 88 valence electrons. The predicted octanol–water partition coefficient (Wildman–Crippen LogP) is 0.293. The number of hydrogen-bond donors (Lipinski definition) is 4. The largest absolute Gasteiger partial charge is 0.349 e. The Morgan fingerprint density at radius 3 is 1.93 bits per heavy atom. The third-order valence-corrected chi connectivity index (χ3v) is 6.90. The predicted molar refractivity (Wildman–Crippen MR) is 54.0 cm³/mol. The van der Waals surface area contributed by atoms with Crippen LogP contribution in [-0.4, -0.2) is 36.7 Å². The van der Waals surface area contributed by atoms with E-state index in [1.165, 1.54) is 0 Å². The van der Waals surface area contributed by atoms with Crippen molar-refractivity contribution in [2.24, 2.45) is 4.99 Å². The van der Waals surface area contributed by atoms with Crippen molar-refractivity contribution in [3.63, 3.8) is 0 Å². The van der Waals surface area contributed by atoms with Gasteiger partial charge in [0.2, 0.25) is 4.90 Å². The molecule has 0 amide bonds. The molecule has 0 aromatic heterocycles. The smallest absolute Gasteiger partial charge is 0.323 e. The van der Waals surface area contributed by atoms with E-state index in [-0.39, 0.29) is 12.1 Å². The van der Waals surface area contributed by atoms with Crippen LogP contribution in [0.4, 0.5) is 0 Å². The number of rotatable bonds is 3. The van der Waals surface area contributed by atoms with Gasteiger partial charge in [0.25, 0.3) is 0 Å². The van der Waals surface area contributed by atoms with E-state index in [1.54, 1.807) is 0 Å². The molecule has 0 saturated carbocycles. The van der Waals surface area contributed by atoms with Crippen LogP contribution in [0, 0.1) is 0 Å². The van der Waals surface area contributed by atoms with E-state index in [2.05, 4.69) is 4.99 Å². The second-order valence-corrected chi connectivity index (χ2v) is 7.86. The van der Waals surface area contributed by atoms with Crippen molar-refractivity contribution in [1.29, 1.82) is 0 Å². The molecule has 0 radical (unpaired) electrons. The molecular formula is C6H13NO6P2. The van der Waals surface area contributed by atoms with E-state index in [0.29, 0.717) is 13.0 Å². The van der Waals surface area contributed by atoms with Crippen LogP contribution < -0.4 is 0 Å². The Kier molecular flexibility index (Phi) is 3.28. The van der Waals surface area contributed by atoms with Gasteiger partial charge in [-0.15, -0.1) is 0 Å². The van der Waals surface area contributed by atoms with Crippen LogP contribution in [-0.2, 0) is 9.13 Å². The summed E-state index contributed by atoms with van der Waals surface area (Å²) in [5, 5.41) is 0. The molecule has 4 N–H and O–H groups in total. The minimum Gasteiger partial charge on any atom is -0.323 e. The Morgan fingerprint density at radius 2 is 1.67 bits per heavy atom. The third-order valence-electron chi connectivity index (χ3n) is 2.56. The maximum absolute atomic E-state index is 11.2. The van der Waals surface area contributed by atoms with Crippen LogP contribution in [0.25, 0.3) is 0 Å². The molecular weight excluding hydrogens is 244 g/mol. The van der Waals surface area contributed by atoms with Crippen molar-refractivity contribution >= 4 is 20.9 Å². The first-order valence-corrected chi connectivity index (χ1v) is 7.48. The van der Waals surface area contributed by atoms with E-state index in [9.17, 15) is 9.13 Å². The van der Waals surface area contributed by atoms with Crippen LogP contribution in [0.5, 0.6) is 0 Å². The van der Waals surface area contributed by atoms with Crippen molar-refractivity contribution in [3.8, 4) is 0 Å². The Bertz CT molecular complexity index is 357. The Labute approximate surface area is 86.6 Å². The maximum Gasteiger partial charge on any atom is 0.349 e. The highest BCUT2D eigenvalue weighted by Crippen LogP contribution is 2.70. The first-order valence-electron chi connectivity index (χ1n) is 4.26. The van der Waals surface area contributed by atoms with Crippen molar-refractivity contribution in [2.45, 2.75) is 24.7 Å². The van der Waals surface area contributed by atoms with Crippen molar-refractivity contribution < 1.29 is 28.7 Å². The molecule has 9 heteroatoms. The lowest BCUT2D eigenvalue weighted by Gasteiger charge is -2.30. The van der Waals surface area contributed by atoms with E-state index in [4.69, 9.17) is 19.6 Å². The topological polar surface area (TPSA) is 127 Å². The fraction of sp³-hybridized carbons (Fsp3) is 0.833. The highest BCUT2D eigenvalue weighted by Gasteiger charge is 2.60. The lowest BCUT2D eigenvalue weighted by atomic mass is 10.2. The van der Waals surface area contributed by atoms with E-state index in [1.807, 2.05) is 0 Å². The SMILES string of the molecule is CC(C1=NCCC1)(P(=O)(O)O)P(=O)(O)O. The molecule has 1 aliphatic rings. The normalized spacial score (nSPS) is 19.1. The summed E-state index contributed by atoms with van der Waals surface area (Å²) in [7, 11) is -9.90. The van der Waals surface area contributed by atoms with Gasteiger partial charge in [-0.1, -0.05) is 0 Å². The zero-order chi connectivity index (χ0) is 11.9. The van der Waals surface area contributed by atoms with Gasteiger partial charge < -0.3 is 19.6 Å². The zero-order valence-electron chi connectivity index (χ0n) is 8.07. The van der Waals surface area contributed by atoms with Crippen molar-refractivity contribution in [2.75, 3.05) is 6.54 Å². The maximum atomic E-state index is 11.2.